The fourth-order valence-electron chi connectivity index (χ4n) is 2.77. The Balaban J connectivity index is 1.80. The van der Waals surface area contributed by atoms with Crippen molar-refractivity contribution < 1.29 is 9.59 Å². The van der Waals surface area contributed by atoms with E-state index in [1.165, 1.54) is 0 Å². The van der Waals surface area contributed by atoms with Gasteiger partial charge in [0, 0.05) is 17.7 Å². The van der Waals surface area contributed by atoms with Gasteiger partial charge in [-0.25, -0.2) is 0 Å². The van der Waals surface area contributed by atoms with Crippen LogP contribution in [-0.2, 0) is 6.42 Å². The smallest absolute Gasteiger partial charge is 0.254 e. The second-order valence-corrected chi connectivity index (χ2v) is 5.37. The van der Waals surface area contributed by atoms with Crippen LogP contribution in [0.4, 0.5) is 0 Å². The number of carbonyl (C=O) groups is 2. The van der Waals surface area contributed by atoms with Gasteiger partial charge in [0.2, 0.25) is 0 Å². The zero-order chi connectivity index (χ0) is 14.8. The van der Waals surface area contributed by atoms with Crippen molar-refractivity contribution in [1.82, 2.24) is 4.90 Å². The molecule has 1 aliphatic rings. The van der Waals surface area contributed by atoms with Crippen LogP contribution in [-0.4, -0.2) is 29.7 Å². The van der Waals surface area contributed by atoms with Gasteiger partial charge in [-0.1, -0.05) is 42.5 Å². The summed E-state index contributed by atoms with van der Waals surface area (Å²) in [4.78, 5) is 26.5. The van der Waals surface area contributed by atoms with Crippen LogP contribution in [0.15, 0.2) is 48.5 Å². The molecule has 0 fully saturated rings. The maximum absolute atomic E-state index is 12.4. The summed E-state index contributed by atoms with van der Waals surface area (Å²) >= 11 is 0. The first-order valence-electron chi connectivity index (χ1n) is 7.13. The van der Waals surface area contributed by atoms with Crippen molar-refractivity contribution in [2.75, 3.05) is 13.1 Å². The monoisotopic (exact) mass is 279 g/mol. The highest BCUT2D eigenvalue weighted by Crippen LogP contribution is 2.19. The molecular weight excluding hydrogens is 262 g/mol. The van der Waals surface area contributed by atoms with Gasteiger partial charge in [-0.3, -0.25) is 9.59 Å². The topological polar surface area (TPSA) is 37.4 Å². The van der Waals surface area contributed by atoms with Crippen LogP contribution in [0.3, 0.4) is 0 Å². The summed E-state index contributed by atoms with van der Waals surface area (Å²) in [5.41, 5.74) is 3.44. The molecule has 0 radical (unpaired) electrons. The van der Waals surface area contributed by atoms with E-state index >= 15 is 0 Å². The summed E-state index contributed by atoms with van der Waals surface area (Å²) in [6, 6.07) is 15.1. The van der Waals surface area contributed by atoms with Crippen LogP contribution >= 0.6 is 0 Å². The fraction of sp³-hybridized carbons (Fsp3) is 0.222. The predicted molar refractivity (Wildman–Crippen MR) is 81.6 cm³/mol. The highest BCUT2D eigenvalue weighted by atomic mass is 16.2. The summed E-state index contributed by atoms with van der Waals surface area (Å²) in [5, 5.41) is 0. The fourth-order valence-corrected chi connectivity index (χ4v) is 2.77. The molecular formula is C18H17NO2. The highest BCUT2D eigenvalue weighted by Gasteiger charge is 2.25. The number of nitrogens with zero attached hydrogens (tertiary/aromatic N) is 1. The quantitative estimate of drug-likeness (QED) is 0.810. The zero-order valence-electron chi connectivity index (χ0n) is 12.0. The molecule has 0 N–H and O–H groups in total. The molecule has 0 saturated carbocycles. The first kappa shape index (κ1) is 13.6. The minimum absolute atomic E-state index is 0.000770. The van der Waals surface area contributed by atoms with E-state index in [0.29, 0.717) is 12.1 Å². The van der Waals surface area contributed by atoms with Crippen molar-refractivity contribution in [3.05, 3.63) is 70.8 Å². The average molecular weight is 279 g/mol. The van der Waals surface area contributed by atoms with E-state index in [1.807, 2.05) is 55.5 Å². The van der Waals surface area contributed by atoms with Gasteiger partial charge >= 0.3 is 0 Å². The van der Waals surface area contributed by atoms with E-state index in [0.717, 1.165) is 23.1 Å². The Morgan fingerprint density at radius 1 is 1.10 bits per heavy atom. The molecule has 0 bridgehead atoms. The number of hydrogen-bond acceptors (Lipinski definition) is 2. The van der Waals surface area contributed by atoms with Gasteiger partial charge in [0.05, 0.1) is 6.54 Å². The van der Waals surface area contributed by atoms with E-state index in [2.05, 4.69) is 0 Å². The van der Waals surface area contributed by atoms with Crippen LogP contribution in [0, 0.1) is 6.92 Å². The highest BCUT2D eigenvalue weighted by molar-refractivity contribution is 6.03. The van der Waals surface area contributed by atoms with E-state index in [1.54, 1.807) is 4.90 Å². The Kier molecular flexibility index (Phi) is 3.57. The number of benzene rings is 2. The molecule has 0 aromatic heterocycles. The molecule has 1 heterocycles. The third-order valence-corrected chi connectivity index (χ3v) is 3.97. The van der Waals surface area contributed by atoms with E-state index in [4.69, 9.17) is 0 Å². The number of rotatable bonds is 3. The first-order valence-corrected chi connectivity index (χ1v) is 7.13. The van der Waals surface area contributed by atoms with Gasteiger partial charge < -0.3 is 4.90 Å². The Hall–Kier alpha value is -2.42. The number of Topliss-reactive ketones (excluding diaryl/α,β-unsaturated/α-hetero) is 1. The van der Waals surface area contributed by atoms with Gasteiger partial charge in [-0.15, -0.1) is 0 Å². The predicted octanol–water partition coefficient (Wildman–Crippen LogP) is 2.88. The number of ketones is 1. The molecule has 0 spiro atoms. The third kappa shape index (κ3) is 2.59. The molecule has 0 atom stereocenters. The molecule has 1 aliphatic heterocycles. The van der Waals surface area contributed by atoms with Crippen molar-refractivity contribution in [3.63, 3.8) is 0 Å². The molecule has 0 saturated heterocycles. The van der Waals surface area contributed by atoms with Crippen molar-refractivity contribution in [1.29, 1.82) is 0 Å². The van der Waals surface area contributed by atoms with Crippen LogP contribution in [0.2, 0.25) is 0 Å². The minimum Gasteiger partial charge on any atom is -0.331 e. The van der Waals surface area contributed by atoms with Crippen LogP contribution in [0.25, 0.3) is 0 Å². The van der Waals surface area contributed by atoms with Crippen LogP contribution in [0.5, 0.6) is 0 Å². The zero-order valence-corrected chi connectivity index (χ0v) is 12.0. The van der Waals surface area contributed by atoms with Crippen molar-refractivity contribution in [3.8, 4) is 0 Å². The lowest BCUT2D eigenvalue weighted by Crippen LogP contribution is -2.40. The largest absolute Gasteiger partial charge is 0.331 e. The summed E-state index contributed by atoms with van der Waals surface area (Å²) in [7, 11) is 0. The van der Waals surface area contributed by atoms with Crippen LogP contribution in [0.1, 0.15) is 31.8 Å². The lowest BCUT2D eigenvalue weighted by molar-refractivity contribution is 0.0695. The normalized spacial score (nSPS) is 14.0. The summed E-state index contributed by atoms with van der Waals surface area (Å²) < 4.78 is 0. The first-order chi connectivity index (χ1) is 10.2. The lowest BCUT2D eigenvalue weighted by Gasteiger charge is -2.28. The van der Waals surface area contributed by atoms with Crippen molar-refractivity contribution in [2.45, 2.75) is 13.3 Å². The minimum atomic E-state index is -0.0428. The van der Waals surface area contributed by atoms with Crippen molar-refractivity contribution in [2.24, 2.45) is 0 Å². The molecule has 1 amide bonds. The standard InChI is InChI=1S/C18H17NO2/c1-13-6-2-4-8-15(13)17(20)12-19-11-10-14-7-3-5-9-16(14)18(19)21/h2-9H,10-12H2,1H3. The SMILES string of the molecule is Cc1ccccc1C(=O)CN1CCc2ccccc2C1=O. The van der Waals surface area contributed by atoms with Gasteiger partial charge in [0.1, 0.15) is 0 Å². The van der Waals surface area contributed by atoms with Gasteiger partial charge in [0.15, 0.2) is 5.78 Å². The Morgan fingerprint density at radius 2 is 1.81 bits per heavy atom. The van der Waals surface area contributed by atoms with Gasteiger partial charge in [0.25, 0.3) is 5.91 Å². The number of aryl methyl sites for hydroxylation is 1. The Bertz CT molecular complexity index is 706. The van der Waals surface area contributed by atoms with Gasteiger partial charge in [-0.2, -0.15) is 0 Å². The van der Waals surface area contributed by atoms with E-state index in [-0.39, 0.29) is 18.2 Å². The Labute approximate surface area is 124 Å². The lowest BCUT2D eigenvalue weighted by atomic mass is 9.98. The molecule has 0 unspecified atom stereocenters. The van der Waals surface area contributed by atoms with Gasteiger partial charge in [-0.05, 0) is 30.5 Å². The molecule has 2 aromatic rings. The summed E-state index contributed by atoms with van der Waals surface area (Å²) in [5.74, 6) is -0.0420. The Morgan fingerprint density at radius 3 is 2.62 bits per heavy atom. The molecule has 2 aromatic carbocycles. The van der Waals surface area contributed by atoms with Crippen molar-refractivity contribution >= 4 is 11.7 Å². The second kappa shape index (κ2) is 5.52. The maximum atomic E-state index is 12.4. The molecule has 0 aliphatic carbocycles. The van der Waals surface area contributed by atoms with E-state index < -0.39 is 0 Å². The van der Waals surface area contributed by atoms with Crippen LogP contribution < -0.4 is 0 Å². The summed E-state index contributed by atoms with van der Waals surface area (Å²) in [6.45, 7) is 2.67. The maximum Gasteiger partial charge on any atom is 0.254 e. The third-order valence-electron chi connectivity index (χ3n) is 3.97. The number of hydrogen-bond donors (Lipinski definition) is 0. The number of amides is 1. The summed E-state index contributed by atoms with van der Waals surface area (Å²) in [6.07, 6.45) is 0.808. The molecule has 3 heteroatoms. The molecule has 106 valence electrons. The van der Waals surface area contributed by atoms with E-state index in [9.17, 15) is 9.59 Å². The number of fused-ring (bicyclic) bond motifs is 1. The molecule has 21 heavy (non-hydrogen) atoms. The average Bonchev–Trinajstić information content (AvgIpc) is 2.51. The molecule has 3 rings (SSSR count). The molecule has 3 nitrogen and oxygen atoms in total. The number of carbonyl (C=O) groups excluding carboxylic acids is 2. The second-order valence-electron chi connectivity index (χ2n) is 5.37.